The zero-order chi connectivity index (χ0) is 40.2. The summed E-state index contributed by atoms with van der Waals surface area (Å²) in [6.07, 6.45) is 9.76. The number of rotatable bonds is 33. The van der Waals surface area contributed by atoms with E-state index in [2.05, 4.69) is 17.6 Å². The molecule has 5 amide bonds. The molecule has 0 radical (unpaired) electrons. The van der Waals surface area contributed by atoms with Crippen molar-refractivity contribution in [2.24, 2.45) is 0 Å². The van der Waals surface area contributed by atoms with Gasteiger partial charge in [0.05, 0.1) is 89.5 Å². The summed E-state index contributed by atoms with van der Waals surface area (Å²) in [5.41, 5.74) is 0.380. The number of benzene rings is 1. The lowest BCUT2D eigenvalue weighted by molar-refractivity contribution is -0.145. The van der Waals surface area contributed by atoms with E-state index < -0.39 is 29.7 Å². The molecule has 1 aromatic carbocycles. The lowest BCUT2D eigenvalue weighted by atomic mass is 10.0. The summed E-state index contributed by atoms with van der Waals surface area (Å²) in [5.74, 6) is -2.88. The number of piperidine rings is 1. The third-order valence-corrected chi connectivity index (χ3v) is 9.02. The second kappa shape index (κ2) is 28.6. The first-order chi connectivity index (χ1) is 27.3. The number of nitrogens with one attached hydrogen (secondary N) is 2. The van der Waals surface area contributed by atoms with Gasteiger partial charge in [-0.1, -0.05) is 51.5 Å². The largest absolute Gasteiger partial charge is 0.463 e. The zero-order valence-corrected chi connectivity index (χ0v) is 32.9. The van der Waals surface area contributed by atoms with Crippen LogP contribution in [0.1, 0.15) is 111 Å². The van der Waals surface area contributed by atoms with Crippen molar-refractivity contribution in [2.45, 2.75) is 96.4 Å². The molecule has 1 unspecified atom stereocenters. The van der Waals surface area contributed by atoms with Crippen LogP contribution in [-0.4, -0.2) is 132 Å². The van der Waals surface area contributed by atoms with E-state index in [1.165, 1.54) is 31.7 Å². The van der Waals surface area contributed by atoms with Crippen molar-refractivity contribution >= 4 is 41.2 Å². The SMILES string of the molecule is CCCCCCCCC(=O)OCCOCCOCCOCCOCCOCCOCCCCCC(=O)Nc1cccc2c1C(=O)N(C1CCC(=O)NC1=O)C2=O. The number of amides is 5. The molecule has 0 saturated carbocycles. The van der Waals surface area contributed by atoms with Crippen LogP contribution in [0.25, 0.3) is 0 Å². The van der Waals surface area contributed by atoms with Crippen LogP contribution in [0.15, 0.2) is 18.2 Å². The van der Waals surface area contributed by atoms with Gasteiger partial charge < -0.3 is 38.5 Å². The Morgan fingerprint density at radius 1 is 0.661 bits per heavy atom. The average molecular weight is 792 g/mol. The summed E-state index contributed by atoms with van der Waals surface area (Å²) in [5, 5.41) is 4.90. The van der Waals surface area contributed by atoms with Gasteiger partial charge in [0.1, 0.15) is 12.6 Å². The van der Waals surface area contributed by atoms with Gasteiger partial charge in [0, 0.05) is 25.9 Å². The Bertz CT molecular complexity index is 1370. The Morgan fingerprint density at radius 2 is 1.20 bits per heavy atom. The molecule has 2 aliphatic rings. The lowest BCUT2D eigenvalue weighted by Gasteiger charge is -2.27. The van der Waals surface area contributed by atoms with Crippen LogP contribution in [0.2, 0.25) is 0 Å². The lowest BCUT2D eigenvalue weighted by Crippen LogP contribution is -2.54. The molecule has 1 aromatic rings. The van der Waals surface area contributed by atoms with E-state index in [9.17, 15) is 28.8 Å². The fourth-order valence-corrected chi connectivity index (χ4v) is 6.04. The third kappa shape index (κ3) is 18.0. The fraction of sp³-hybridized carbons (Fsp3) is 0.700. The molecule has 3 rings (SSSR count). The number of carbonyl (C=O) groups excluding carboxylic acids is 6. The van der Waals surface area contributed by atoms with Gasteiger partial charge in [0.25, 0.3) is 11.8 Å². The van der Waals surface area contributed by atoms with Crippen molar-refractivity contribution in [1.29, 1.82) is 0 Å². The highest BCUT2D eigenvalue weighted by atomic mass is 16.6. The van der Waals surface area contributed by atoms with Crippen LogP contribution in [-0.2, 0) is 52.3 Å². The number of unbranched alkanes of at least 4 members (excludes halogenated alkanes) is 7. The predicted molar refractivity (Wildman–Crippen MR) is 204 cm³/mol. The first-order valence-corrected chi connectivity index (χ1v) is 20.1. The molecule has 1 fully saturated rings. The van der Waals surface area contributed by atoms with Gasteiger partial charge in [-0.05, 0) is 37.8 Å². The summed E-state index contributed by atoms with van der Waals surface area (Å²) in [6.45, 7) is 7.80. The molecule has 0 aliphatic carbocycles. The van der Waals surface area contributed by atoms with Crippen LogP contribution < -0.4 is 10.6 Å². The number of carbonyl (C=O) groups is 6. The van der Waals surface area contributed by atoms with Crippen LogP contribution in [0, 0.1) is 0 Å². The van der Waals surface area contributed by atoms with Gasteiger partial charge in [-0.25, -0.2) is 0 Å². The van der Waals surface area contributed by atoms with E-state index in [1.807, 2.05) is 0 Å². The number of imide groups is 2. The number of fused-ring (bicyclic) bond motifs is 1. The number of nitrogens with zero attached hydrogens (tertiary/aromatic N) is 1. The van der Waals surface area contributed by atoms with Crippen molar-refractivity contribution in [3.63, 3.8) is 0 Å². The quantitative estimate of drug-likeness (QED) is 0.0591. The molecule has 16 nitrogen and oxygen atoms in total. The Balaban J connectivity index is 1.05. The molecule has 1 atom stereocenters. The highest BCUT2D eigenvalue weighted by Gasteiger charge is 2.45. The second-order valence-corrected chi connectivity index (χ2v) is 13.4. The molecule has 2 N–H and O–H groups in total. The van der Waals surface area contributed by atoms with Crippen LogP contribution in [0.5, 0.6) is 0 Å². The van der Waals surface area contributed by atoms with Gasteiger partial charge in [0.15, 0.2) is 0 Å². The molecule has 56 heavy (non-hydrogen) atoms. The fourth-order valence-electron chi connectivity index (χ4n) is 6.04. The standard InChI is InChI=1S/C40H61N3O13/c1-2-3-4-5-6-9-15-36(46)56-30-29-55-28-27-54-26-25-53-24-23-52-22-21-51-20-19-50-18-10-7-8-14-34(44)41-32-13-11-12-31-37(32)40(49)43(39(31)48)33-16-17-35(45)42-38(33)47/h11-13,33H,2-10,14-30H2,1H3,(H,41,44)(H,42,45,47). The minimum atomic E-state index is -1.07. The average Bonchev–Trinajstić information content (AvgIpc) is 3.43. The number of anilines is 1. The van der Waals surface area contributed by atoms with E-state index in [0.717, 1.165) is 30.6 Å². The van der Waals surface area contributed by atoms with Crippen molar-refractivity contribution < 1.29 is 61.9 Å². The molecule has 0 spiro atoms. The summed E-state index contributed by atoms with van der Waals surface area (Å²) in [7, 11) is 0. The van der Waals surface area contributed by atoms with Crippen LogP contribution >= 0.6 is 0 Å². The van der Waals surface area contributed by atoms with Gasteiger partial charge in [-0.3, -0.25) is 39.0 Å². The van der Waals surface area contributed by atoms with Crippen molar-refractivity contribution in [1.82, 2.24) is 10.2 Å². The van der Waals surface area contributed by atoms with Crippen molar-refractivity contribution in [3.05, 3.63) is 29.3 Å². The van der Waals surface area contributed by atoms with Gasteiger partial charge in [-0.2, -0.15) is 0 Å². The maximum Gasteiger partial charge on any atom is 0.305 e. The molecular formula is C40H61N3O13. The number of esters is 1. The maximum atomic E-state index is 13.2. The van der Waals surface area contributed by atoms with E-state index >= 15 is 0 Å². The van der Waals surface area contributed by atoms with Crippen molar-refractivity contribution in [3.8, 4) is 0 Å². The monoisotopic (exact) mass is 791 g/mol. The molecule has 1 saturated heterocycles. The molecule has 2 heterocycles. The predicted octanol–water partition coefficient (Wildman–Crippen LogP) is 3.98. The van der Waals surface area contributed by atoms with E-state index in [1.54, 1.807) is 12.1 Å². The van der Waals surface area contributed by atoms with Gasteiger partial charge >= 0.3 is 5.97 Å². The highest BCUT2D eigenvalue weighted by molar-refractivity contribution is 6.26. The normalized spacial score (nSPS) is 15.3. The molecule has 2 aliphatic heterocycles. The summed E-state index contributed by atoms with van der Waals surface area (Å²) >= 11 is 0. The van der Waals surface area contributed by atoms with E-state index in [0.29, 0.717) is 92.1 Å². The van der Waals surface area contributed by atoms with Crippen LogP contribution in [0.4, 0.5) is 5.69 Å². The molecule has 0 bridgehead atoms. The highest BCUT2D eigenvalue weighted by Crippen LogP contribution is 2.32. The number of ether oxygens (including phenoxy) is 7. The number of hydrogen-bond acceptors (Lipinski definition) is 13. The van der Waals surface area contributed by atoms with Gasteiger partial charge in [-0.15, -0.1) is 0 Å². The van der Waals surface area contributed by atoms with Crippen LogP contribution in [0.3, 0.4) is 0 Å². The summed E-state index contributed by atoms with van der Waals surface area (Å²) in [4.78, 5) is 75.2. The first-order valence-electron chi connectivity index (χ1n) is 20.1. The molecular weight excluding hydrogens is 730 g/mol. The maximum absolute atomic E-state index is 13.2. The smallest absolute Gasteiger partial charge is 0.305 e. The minimum absolute atomic E-state index is 0.0281. The van der Waals surface area contributed by atoms with Gasteiger partial charge in [0.2, 0.25) is 17.7 Å². The Morgan fingerprint density at radius 3 is 1.80 bits per heavy atom. The topological polar surface area (TPSA) is 194 Å². The molecule has 16 heteroatoms. The second-order valence-electron chi connectivity index (χ2n) is 13.4. The van der Waals surface area contributed by atoms with E-state index in [-0.39, 0.29) is 54.6 Å². The molecule has 314 valence electrons. The Labute approximate surface area is 329 Å². The van der Waals surface area contributed by atoms with Crippen molar-refractivity contribution in [2.75, 3.05) is 91.2 Å². The minimum Gasteiger partial charge on any atom is -0.463 e. The molecule has 0 aromatic heterocycles. The first kappa shape index (κ1) is 46.6. The Kier molecular flexibility index (Phi) is 23.8. The zero-order valence-electron chi connectivity index (χ0n) is 32.9. The Hall–Kier alpha value is -3.80. The summed E-state index contributed by atoms with van der Waals surface area (Å²) in [6, 6.07) is 3.53. The number of hydrogen-bond donors (Lipinski definition) is 2. The van der Waals surface area contributed by atoms with E-state index in [4.69, 9.17) is 33.2 Å². The third-order valence-electron chi connectivity index (χ3n) is 9.02. The summed E-state index contributed by atoms with van der Waals surface area (Å²) < 4.78 is 38.1.